The Hall–Kier alpha value is -0.830. The van der Waals surface area contributed by atoms with Gasteiger partial charge in [0.25, 0.3) is 0 Å². The molecule has 1 aromatic heterocycles. The van der Waals surface area contributed by atoms with Crippen LogP contribution in [0, 0.1) is 11.8 Å². The van der Waals surface area contributed by atoms with Crippen LogP contribution in [0.4, 0.5) is 0 Å². The summed E-state index contributed by atoms with van der Waals surface area (Å²) in [7, 11) is 2.10. The number of nitrogens with one attached hydrogen (secondary N) is 1. The Morgan fingerprint density at radius 2 is 1.95 bits per heavy atom. The number of imidazole rings is 1. The number of hydrogen-bond acceptors (Lipinski definition) is 2. The van der Waals surface area contributed by atoms with Gasteiger partial charge >= 0.3 is 0 Å². The monoisotopic (exact) mass is 277 g/mol. The predicted octanol–water partition coefficient (Wildman–Crippen LogP) is 3.55. The topological polar surface area (TPSA) is 29.9 Å². The molecule has 1 aliphatic carbocycles. The Balaban J connectivity index is 1.85. The molecule has 2 atom stereocenters. The molecule has 0 amide bonds. The van der Waals surface area contributed by atoms with E-state index in [1.807, 2.05) is 6.20 Å². The Morgan fingerprint density at radius 1 is 1.25 bits per heavy atom. The van der Waals surface area contributed by atoms with E-state index >= 15 is 0 Å². The van der Waals surface area contributed by atoms with Crippen molar-refractivity contribution >= 4 is 0 Å². The zero-order valence-electron chi connectivity index (χ0n) is 13.7. The summed E-state index contributed by atoms with van der Waals surface area (Å²) in [6.45, 7) is 7.96. The summed E-state index contributed by atoms with van der Waals surface area (Å²) in [6, 6.07) is 0. The third-order valence-electron chi connectivity index (χ3n) is 4.62. The fourth-order valence-corrected chi connectivity index (χ4v) is 3.32. The molecule has 3 heteroatoms. The lowest BCUT2D eigenvalue weighted by molar-refractivity contribution is 0.203. The molecule has 2 unspecified atom stereocenters. The highest BCUT2D eigenvalue weighted by Gasteiger charge is 2.26. The average Bonchev–Trinajstić information content (AvgIpc) is 2.79. The third-order valence-corrected chi connectivity index (χ3v) is 4.62. The molecule has 0 bridgehead atoms. The van der Waals surface area contributed by atoms with Crippen LogP contribution in [0.15, 0.2) is 12.4 Å². The summed E-state index contributed by atoms with van der Waals surface area (Å²) in [4.78, 5) is 4.46. The molecule has 0 spiro atoms. The molecular formula is C17H31N3. The van der Waals surface area contributed by atoms with Gasteiger partial charge in [0.15, 0.2) is 0 Å². The molecule has 1 N–H and O–H groups in total. The van der Waals surface area contributed by atoms with Gasteiger partial charge in [-0.2, -0.15) is 0 Å². The molecule has 2 rings (SSSR count). The summed E-state index contributed by atoms with van der Waals surface area (Å²) in [6.07, 6.45) is 12.0. The first-order valence-electron chi connectivity index (χ1n) is 8.17. The zero-order valence-corrected chi connectivity index (χ0v) is 13.7. The van der Waals surface area contributed by atoms with Crippen molar-refractivity contribution in [1.82, 2.24) is 14.9 Å². The van der Waals surface area contributed by atoms with E-state index < -0.39 is 0 Å². The normalized spacial score (nSPS) is 24.0. The second-order valence-corrected chi connectivity index (χ2v) is 7.43. The minimum atomic E-state index is 0.238. The van der Waals surface area contributed by atoms with Crippen LogP contribution in [0.25, 0.3) is 0 Å². The maximum Gasteiger partial charge on any atom is 0.108 e. The molecule has 1 aromatic rings. The van der Waals surface area contributed by atoms with Crippen LogP contribution in [-0.4, -0.2) is 21.6 Å². The van der Waals surface area contributed by atoms with Crippen molar-refractivity contribution in [3.8, 4) is 0 Å². The molecule has 114 valence electrons. The van der Waals surface area contributed by atoms with E-state index in [1.165, 1.54) is 44.5 Å². The largest absolute Gasteiger partial charge is 0.338 e. The van der Waals surface area contributed by atoms with Gasteiger partial charge in [-0.1, -0.05) is 19.3 Å². The lowest BCUT2D eigenvalue weighted by Crippen LogP contribution is -2.41. The third kappa shape index (κ3) is 4.62. The van der Waals surface area contributed by atoms with Gasteiger partial charge < -0.3 is 9.88 Å². The Kier molecular flexibility index (Phi) is 5.25. The molecule has 3 nitrogen and oxygen atoms in total. The fraction of sp³-hybridized carbons (Fsp3) is 0.824. The van der Waals surface area contributed by atoms with Crippen LogP contribution in [0.1, 0.15) is 58.7 Å². The van der Waals surface area contributed by atoms with Crippen molar-refractivity contribution in [3.63, 3.8) is 0 Å². The second-order valence-electron chi connectivity index (χ2n) is 7.43. The number of hydrogen-bond donors (Lipinski definition) is 1. The van der Waals surface area contributed by atoms with Gasteiger partial charge in [-0.3, -0.25) is 0 Å². The summed E-state index contributed by atoms with van der Waals surface area (Å²) in [5.74, 6) is 2.96. The standard InChI is InChI=1S/C17H31N3/c1-17(2,3)19-13-15-8-6-5-7-14(15)9-10-16-18-11-12-20(16)4/h11-12,14-15,19H,5-10,13H2,1-4H3. The first kappa shape index (κ1) is 15.6. The highest BCUT2D eigenvalue weighted by atomic mass is 15.0. The highest BCUT2D eigenvalue weighted by Crippen LogP contribution is 2.33. The molecule has 20 heavy (non-hydrogen) atoms. The molecule has 1 aliphatic rings. The lowest BCUT2D eigenvalue weighted by Gasteiger charge is -2.34. The minimum Gasteiger partial charge on any atom is -0.338 e. The smallest absolute Gasteiger partial charge is 0.108 e. The number of nitrogens with zero attached hydrogens (tertiary/aromatic N) is 2. The van der Waals surface area contributed by atoms with E-state index in [2.05, 4.69) is 48.9 Å². The predicted molar refractivity (Wildman–Crippen MR) is 84.7 cm³/mol. The van der Waals surface area contributed by atoms with Gasteiger partial charge in [0.2, 0.25) is 0 Å². The minimum absolute atomic E-state index is 0.238. The van der Waals surface area contributed by atoms with Crippen molar-refractivity contribution < 1.29 is 0 Å². The van der Waals surface area contributed by atoms with E-state index in [4.69, 9.17) is 0 Å². The van der Waals surface area contributed by atoms with E-state index in [0.29, 0.717) is 0 Å². The molecule has 1 heterocycles. The molecule has 0 saturated heterocycles. The molecular weight excluding hydrogens is 246 g/mol. The lowest BCUT2D eigenvalue weighted by atomic mass is 9.76. The Morgan fingerprint density at radius 3 is 2.55 bits per heavy atom. The maximum atomic E-state index is 4.46. The van der Waals surface area contributed by atoms with Crippen LogP contribution < -0.4 is 5.32 Å². The summed E-state index contributed by atoms with van der Waals surface area (Å²) in [5, 5.41) is 3.71. The van der Waals surface area contributed by atoms with Gasteiger partial charge in [-0.15, -0.1) is 0 Å². The van der Waals surface area contributed by atoms with E-state index in [1.54, 1.807) is 0 Å². The first-order chi connectivity index (χ1) is 9.46. The first-order valence-corrected chi connectivity index (χ1v) is 8.17. The second kappa shape index (κ2) is 6.75. The Labute approximate surface area is 124 Å². The number of aryl methyl sites for hydroxylation is 2. The fourth-order valence-electron chi connectivity index (χ4n) is 3.32. The average molecular weight is 277 g/mol. The van der Waals surface area contributed by atoms with Crippen molar-refractivity contribution in [3.05, 3.63) is 18.2 Å². The van der Waals surface area contributed by atoms with Crippen molar-refractivity contribution in [2.75, 3.05) is 6.54 Å². The maximum absolute atomic E-state index is 4.46. The molecule has 1 fully saturated rings. The molecule has 0 aromatic carbocycles. The number of rotatable bonds is 5. The van der Waals surface area contributed by atoms with Gasteiger partial charge in [0.05, 0.1) is 0 Å². The summed E-state index contributed by atoms with van der Waals surface area (Å²) >= 11 is 0. The van der Waals surface area contributed by atoms with Gasteiger partial charge in [0.1, 0.15) is 5.82 Å². The van der Waals surface area contributed by atoms with Crippen LogP contribution >= 0.6 is 0 Å². The molecule has 1 saturated carbocycles. The van der Waals surface area contributed by atoms with E-state index in [-0.39, 0.29) is 5.54 Å². The van der Waals surface area contributed by atoms with Gasteiger partial charge in [-0.25, -0.2) is 4.98 Å². The number of aromatic nitrogens is 2. The summed E-state index contributed by atoms with van der Waals surface area (Å²) < 4.78 is 2.16. The van der Waals surface area contributed by atoms with Crippen LogP contribution in [-0.2, 0) is 13.5 Å². The highest BCUT2D eigenvalue weighted by molar-refractivity contribution is 4.92. The quantitative estimate of drug-likeness (QED) is 0.892. The van der Waals surface area contributed by atoms with Gasteiger partial charge in [-0.05, 0) is 52.0 Å². The van der Waals surface area contributed by atoms with E-state index in [0.717, 1.165) is 18.3 Å². The van der Waals surface area contributed by atoms with E-state index in [9.17, 15) is 0 Å². The van der Waals surface area contributed by atoms with Crippen LogP contribution in [0.5, 0.6) is 0 Å². The zero-order chi connectivity index (χ0) is 14.6. The van der Waals surface area contributed by atoms with Crippen LogP contribution in [0.3, 0.4) is 0 Å². The Bertz CT molecular complexity index is 403. The molecule has 0 aliphatic heterocycles. The van der Waals surface area contributed by atoms with Crippen molar-refractivity contribution in [2.24, 2.45) is 18.9 Å². The van der Waals surface area contributed by atoms with Crippen molar-refractivity contribution in [2.45, 2.75) is 64.8 Å². The SMILES string of the molecule is Cn1ccnc1CCC1CCCCC1CNC(C)(C)C. The van der Waals surface area contributed by atoms with Gasteiger partial charge in [0, 0.05) is 31.4 Å². The van der Waals surface area contributed by atoms with Crippen molar-refractivity contribution in [1.29, 1.82) is 0 Å². The summed E-state index contributed by atoms with van der Waals surface area (Å²) in [5.41, 5.74) is 0.238. The van der Waals surface area contributed by atoms with Crippen LogP contribution in [0.2, 0.25) is 0 Å². The molecule has 0 radical (unpaired) electrons.